The maximum Gasteiger partial charge on any atom is 0.573 e. The van der Waals surface area contributed by atoms with Crippen LogP contribution in [0.5, 0.6) is 5.75 Å². The number of carboxylic acid groups (broad SMARTS) is 1. The third kappa shape index (κ3) is 4.48. The number of hydrogen-bond donors (Lipinski definition) is 1. The van der Waals surface area contributed by atoms with E-state index in [1.54, 1.807) is 6.92 Å². The molecule has 0 bridgehead atoms. The Morgan fingerprint density at radius 3 is 2.61 bits per heavy atom. The number of benzene rings is 1. The minimum Gasteiger partial charge on any atom is -0.478 e. The zero-order chi connectivity index (χ0) is 13.8. The van der Waals surface area contributed by atoms with Gasteiger partial charge in [-0.15, -0.1) is 13.2 Å². The van der Waals surface area contributed by atoms with Crippen LogP contribution < -0.4 is 4.74 Å². The summed E-state index contributed by atoms with van der Waals surface area (Å²) in [5.74, 6) is -1.48. The number of carboxylic acids is 1. The van der Waals surface area contributed by atoms with Crippen LogP contribution in [-0.4, -0.2) is 17.4 Å². The van der Waals surface area contributed by atoms with E-state index in [4.69, 9.17) is 5.11 Å². The molecule has 0 heterocycles. The van der Waals surface area contributed by atoms with Gasteiger partial charge in [0.05, 0.1) is 0 Å². The molecule has 1 rings (SSSR count). The van der Waals surface area contributed by atoms with Gasteiger partial charge in [-0.05, 0) is 30.2 Å². The van der Waals surface area contributed by atoms with Gasteiger partial charge in [-0.25, -0.2) is 4.79 Å². The molecule has 98 valence electrons. The molecule has 6 heteroatoms. The molecule has 0 spiro atoms. The third-order valence-corrected chi connectivity index (χ3v) is 2.09. The van der Waals surface area contributed by atoms with Gasteiger partial charge < -0.3 is 9.84 Å². The summed E-state index contributed by atoms with van der Waals surface area (Å²) >= 11 is 0. The first-order valence-corrected chi connectivity index (χ1v) is 5.11. The lowest BCUT2D eigenvalue weighted by Gasteiger charge is -2.09. The summed E-state index contributed by atoms with van der Waals surface area (Å²) in [6, 6.07) is 5.15. The molecule has 1 aromatic carbocycles. The fourth-order valence-corrected chi connectivity index (χ4v) is 1.32. The smallest absolute Gasteiger partial charge is 0.478 e. The summed E-state index contributed by atoms with van der Waals surface area (Å²) < 4.78 is 39.7. The number of aliphatic carboxylic acids is 1. The van der Waals surface area contributed by atoms with E-state index in [0.29, 0.717) is 5.56 Å². The van der Waals surface area contributed by atoms with Crippen molar-refractivity contribution in [1.82, 2.24) is 0 Å². The standard InChI is InChI=1S/C12H11F3O3/c1-2-9(11(16)17)6-8-4-3-5-10(7-8)18-12(13,14)15/h3-7H,2H2,1H3,(H,16,17). The van der Waals surface area contributed by atoms with E-state index in [-0.39, 0.29) is 17.7 Å². The number of halogens is 3. The predicted octanol–water partition coefficient (Wildman–Crippen LogP) is 3.46. The van der Waals surface area contributed by atoms with Gasteiger partial charge in [0.25, 0.3) is 0 Å². The molecule has 0 amide bonds. The Morgan fingerprint density at radius 1 is 1.44 bits per heavy atom. The Hall–Kier alpha value is -1.98. The molecular weight excluding hydrogens is 249 g/mol. The molecule has 0 aliphatic rings. The summed E-state index contributed by atoms with van der Waals surface area (Å²) in [6.45, 7) is 1.65. The quantitative estimate of drug-likeness (QED) is 0.843. The van der Waals surface area contributed by atoms with Gasteiger partial charge in [-0.1, -0.05) is 19.1 Å². The monoisotopic (exact) mass is 260 g/mol. The Kier molecular flexibility index (Phi) is 4.36. The van der Waals surface area contributed by atoms with Crippen LogP contribution in [0.1, 0.15) is 18.9 Å². The maximum atomic E-state index is 12.0. The van der Waals surface area contributed by atoms with Crippen molar-refractivity contribution in [3.8, 4) is 5.75 Å². The van der Waals surface area contributed by atoms with Crippen molar-refractivity contribution in [3.05, 3.63) is 35.4 Å². The summed E-state index contributed by atoms with van der Waals surface area (Å²) in [5, 5.41) is 8.81. The van der Waals surface area contributed by atoms with Gasteiger partial charge in [0.1, 0.15) is 5.75 Å². The van der Waals surface area contributed by atoms with Crippen LogP contribution in [-0.2, 0) is 4.79 Å². The van der Waals surface area contributed by atoms with Crippen LogP contribution in [0.4, 0.5) is 13.2 Å². The molecule has 18 heavy (non-hydrogen) atoms. The summed E-state index contributed by atoms with van der Waals surface area (Å²) in [4.78, 5) is 10.8. The van der Waals surface area contributed by atoms with Crippen LogP contribution in [0.3, 0.4) is 0 Å². The fourth-order valence-electron chi connectivity index (χ4n) is 1.32. The molecular formula is C12H11F3O3. The number of carbonyl (C=O) groups is 1. The highest BCUT2D eigenvalue weighted by Crippen LogP contribution is 2.24. The molecule has 0 radical (unpaired) electrons. The van der Waals surface area contributed by atoms with Gasteiger partial charge in [0, 0.05) is 5.57 Å². The van der Waals surface area contributed by atoms with Crippen LogP contribution >= 0.6 is 0 Å². The summed E-state index contributed by atoms with van der Waals surface area (Å²) in [7, 11) is 0. The molecule has 0 atom stereocenters. The highest BCUT2D eigenvalue weighted by Gasteiger charge is 2.31. The number of hydrogen-bond acceptors (Lipinski definition) is 2. The second kappa shape index (κ2) is 5.57. The average Bonchev–Trinajstić information content (AvgIpc) is 2.23. The highest BCUT2D eigenvalue weighted by atomic mass is 19.4. The second-order valence-electron chi connectivity index (χ2n) is 3.45. The topological polar surface area (TPSA) is 46.5 Å². The largest absolute Gasteiger partial charge is 0.573 e. The third-order valence-electron chi connectivity index (χ3n) is 2.09. The van der Waals surface area contributed by atoms with E-state index in [0.717, 1.165) is 12.1 Å². The van der Waals surface area contributed by atoms with Crippen molar-refractivity contribution < 1.29 is 27.8 Å². The van der Waals surface area contributed by atoms with Crippen LogP contribution in [0.2, 0.25) is 0 Å². The molecule has 0 fully saturated rings. The van der Waals surface area contributed by atoms with Crippen LogP contribution in [0.25, 0.3) is 6.08 Å². The van der Waals surface area contributed by atoms with Crippen molar-refractivity contribution in [2.75, 3.05) is 0 Å². The second-order valence-corrected chi connectivity index (χ2v) is 3.45. The Balaban J connectivity index is 2.98. The Morgan fingerprint density at radius 2 is 2.11 bits per heavy atom. The van der Waals surface area contributed by atoms with E-state index in [2.05, 4.69) is 4.74 Å². The lowest BCUT2D eigenvalue weighted by atomic mass is 10.1. The lowest BCUT2D eigenvalue weighted by Crippen LogP contribution is -2.17. The van der Waals surface area contributed by atoms with Crippen molar-refractivity contribution in [3.63, 3.8) is 0 Å². The number of alkyl halides is 3. The molecule has 1 aromatic rings. The minimum atomic E-state index is -4.76. The maximum absolute atomic E-state index is 12.0. The van der Waals surface area contributed by atoms with Crippen LogP contribution in [0.15, 0.2) is 29.8 Å². The Labute approximate surface area is 101 Å². The van der Waals surface area contributed by atoms with Gasteiger partial charge in [-0.3, -0.25) is 0 Å². The molecule has 0 saturated carbocycles. The van der Waals surface area contributed by atoms with E-state index in [9.17, 15) is 18.0 Å². The minimum absolute atomic E-state index is 0.110. The van der Waals surface area contributed by atoms with Crippen molar-refractivity contribution >= 4 is 12.0 Å². The van der Waals surface area contributed by atoms with Crippen molar-refractivity contribution in [2.45, 2.75) is 19.7 Å². The summed E-state index contributed by atoms with van der Waals surface area (Å²) in [5.41, 5.74) is 0.454. The van der Waals surface area contributed by atoms with Crippen LogP contribution in [0, 0.1) is 0 Å². The van der Waals surface area contributed by atoms with Crippen molar-refractivity contribution in [1.29, 1.82) is 0 Å². The molecule has 0 saturated heterocycles. The molecule has 3 nitrogen and oxygen atoms in total. The SMILES string of the molecule is CCC(=Cc1cccc(OC(F)(F)F)c1)C(=O)O. The van der Waals surface area contributed by atoms with Gasteiger partial charge in [0.15, 0.2) is 0 Å². The van der Waals surface area contributed by atoms with E-state index < -0.39 is 12.3 Å². The predicted molar refractivity (Wildman–Crippen MR) is 59.0 cm³/mol. The molecule has 0 aliphatic carbocycles. The summed E-state index contributed by atoms with van der Waals surface area (Å²) in [6.07, 6.45) is -3.17. The van der Waals surface area contributed by atoms with E-state index in [1.165, 1.54) is 18.2 Å². The van der Waals surface area contributed by atoms with E-state index >= 15 is 0 Å². The normalized spacial score (nSPS) is 12.3. The molecule has 0 aromatic heterocycles. The molecule has 1 N–H and O–H groups in total. The molecule has 0 aliphatic heterocycles. The van der Waals surface area contributed by atoms with Crippen molar-refractivity contribution in [2.24, 2.45) is 0 Å². The first kappa shape index (κ1) is 14.1. The first-order valence-electron chi connectivity index (χ1n) is 5.11. The van der Waals surface area contributed by atoms with Gasteiger partial charge in [0.2, 0.25) is 0 Å². The highest BCUT2D eigenvalue weighted by molar-refractivity contribution is 5.92. The van der Waals surface area contributed by atoms with Gasteiger partial charge in [-0.2, -0.15) is 0 Å². The zero-order valence-corrected chi connectivity index (χ0v) is 9.49. The Bertz CT molecular complexity index is 464. The lowest BCUT2D eigenvalue weighted by molar-refractivity contribution is -0.274. The fraction of sp³-hybridized carbons (Fsp3) is 0.250. The van der Waals surface area contributed by atoms with E-state index in [1.807, 2.05) is 0 Å². The average molecular weight is 260 g/mol. The number of rotatable bonds is 4. The van der Waals surface area contributed by atoms with Gasteiger partial charge >= 0.3 is 12.3 Å². The molecule has 0 unspecified atom stereocenters. The number of ether oxygens (including phenoxy) is 1. The first-order chi connectivity index (χ1) is 8.31. The zero-order valence-electron chi connectivity index (χ0n) is 9.49.